The summed E-state index contributed by atoms with van der Waals surface area (Å²) in [6.45, 7) is 0.00445. The maximum Gasteiger partial charge on any atom is 0.445 e. The van der Waals surface area contributed by atoms with E-state index in [1.807, 2.05) is 0 Å². The van der Waals surface area contributed by atoms with E-state index >= 15 is 0 Å². The Morgan fingerprint density at radius 1 is 1.32 bits per heavy atom. The minimum Gasteiger partial charge on any atom is -0.499 e. The van der Waals surface area contributed by atoms with E-state index in [-0.39, 0.29) is 12.2 Å². The molecule has 0 spiro atoms. The van der Waals surface area contributed by atoms with E-state index in [1.54, 1.807) is 6.08 Å². The highest BCUT2D eigenvalue weighted by molar-refractivity contribution is 6.15. The normalized spacial score (nSPS) is 19.7. The van der Waals surface area contributed by atoms with Gasteiger partial charge in [-0.2, -0.15) is 9.48 Å². The van der Waals surface area contributed by atoms with Crippen molar-refractivity contribution in [1.82, 2.24) is 4.90 Å². The highest BCUT2D eigenvalue weighted by Gasteiger charge is 2.49. The van der Waals surface area contributed by atoms with Gasteiger partial charge >= 0.3 is 11.9 Å². The van der Waals surface area contributed by atoms with Gasteiger partial charge in [0.15, 0.2) is 5.92 Å². The molecule has 9 nitrogen and oxygen atoms in total. The van der Waals surface area contributed by atoms with Crippen molar-refractivity contribution in [1.29, 1.82) is 0 Å². The summed E-state index contributed by atoms with van der Waals surface area (Å²) in [5, 5.41) is 10.7. The molecule has 3 amide bonds. The third-order valence-electron chi connectivity index (χ3n) is 4.09. The number of dihydropyridines is 1. The van der Waals surface area contributed by atoms with Gasteiger partial charge in [-0.25, -0.2) is 4.79 Å². The fourth-order valence-electron chi connectivity index (χ4n) is 2.76. The molecular weight excluding hydrogens is 328 g/mol. The predicted molar refractivity (Wildman–Crippen MR) is 87.3 cm³/mol. The molecule has 0 fully saturated rings. The van der Waals surface area contributed by atoms with E-state index in [4.69, 9.17) is 4.74 Å². The topological polar surface area (TPSA) is 105 Å². The highest BCUT2D eigenvalue weighted by atomic mass is 16.6. The Morgan fingerprint density at radius 3 is 2.60 bits per heavy atom. The fraction of sp³-hybridized carbons (Fsp3) is 0.250. The van der Waals surface area contributed by atoms with Crippen LogP contribution in [0.25, 0.3) is 0 Å². The van der Waals surface area contributed by atoms with Crippen molar-refractivity contribution in [2.24, 2.45) is 10.9 Å². The van der Waals surface area contributed by atoms with Crippen molar-refractivity contribution in [3.05, 3.63) is 51.8 Å². The summed E-state index contributed by atoms with van der Waals surface area (Å²) >= 11 is 0. The first-order valence-electron chi connectivity index (χ1n) is 7.41. The van der Waals surface area contributed by atoms with Crippen LogP contribution in [0.15, 0.2) is 41.1 Å². The standard InChI is InChI=1S/C16H15N4O5/c1-18-14-13(12(25-2)7-8-17-14)15(21)19(16(18)22)9-10-3-5-11(6-4-10)20(23)24/h3-8,13H,9H2,1-2H3/q+1. The number of allylic oxidation sites excluding steroid dienone is 1. The second-order valence-electron chi connectivity index (χ2n) is 5.53. The number of benzene rings is 1. The lowest BCUT2D eigenvalue weighted by molar-refractivity contribution is -0.409. The first-order valence-corrected chi connectivity index (χ1v) is 7.41. The Labute approximate surface area is 142 Å². The molecule has 1 aromatic carbocycles. The molecule has 2 aliphatic heterocycles. The lowest BCUT2D eigenvalue weighted by atomic mass is 9.99. The quantitative estimate of drug-likeness (QED) is 0.466. The van der Waals surface area contributed by atoms with E-state index in [2.05, 4.69) is 4.99 Å². The largest absolute Gasteiger partial charge is 0.499 e. The van der Waals surface area contributed by atoms with Crippen LogP contribution in [0.1, 0.15) is 5.56 Å². The molecule has 0 N–H and O–H groups in total. The molecule has 0 aromatic heterocycles. The van der Waals surface area contributed by atoms with Crippen LogP contribution in [-0.2, 0) is 16.1 Å². The van der Waals surface area contributed by atoms with Gasteiger partial charge in [-0.05, 0) is 17.7 Å². The number of imide groups is 1. The number of carbonyl (C=O) groups is 2. The van der Waals surface area contributed by atoms with Crippen LogP contribution < -0.4 is 0 Å². The lowest BCUT2D eigenvalue weighted by Gasteiger charge is -2.27. The molecular formula is C16H15N4O5+. The van der Waals surface area contributed by atoms with Gasteiger partial charge in [-0.1, -0.05) is 0 Å². The monoisotopic (exact) mass is 343 g/mol. The number of amidine groups is 1. The smallest absolute Gasteiger partial charge is 0.445 e. The summed E-state index contributed by atoms with van der Waals surface area (Å²) in [5.74, 6) is -0.505. The van der Waals surface area contributed by atoms with E-state index < -0.39 is 22.8 Å². The number of ether oxygens (including phenoxy) is 1. The molecule has 1 atom stereocenters. The van der Waals surface area contributed by atoms with Gasteiger partial charge in [0, 0.05) is 18.2 Å². The number of nitro benzene ring substituents is 1. The maximum atomic E-state index is 12.8. The first-order chi connectivity index (χ1) is 11.9. The zero-order valence-corrected chi connectivity index (χ0v) is 13.6. The molecule has 9 heteroatoms. The highest BCUT2D eigenvalue weighted by Crippen LogP contribution is 2.26. The third kappa shape index (κ3) is 2.80. The summed E-state index contributed by atoms with van der Waals surface area (Å²) in [7, 11) is 2.99. The lowest BCUT2D eigenvalue weighted by Crippen LogP contribution is -2.54. The Hall–Kier alpha value is -3.36. The zero-order chi connectivity index (χ0) is 18.1. The van der Waals surface area contributed by atoms with E-state index in [0.717, 1.165) is 4.90 Å². The number of hydrogen-bond acceptors (Lipinski definition) is 6. The van der Waals surface area contributed by atoms with Crippen LogP contribution in [0.4, 0.5) is 10.5 Å². The number of nitrogens with zero attached hydrogens (tertiary/aromatic N) is 4. The molecule has 0 radical (unpaired) electrons. The number of carbonyl (C=O) groups excluding carboxylic acids is 2. The summed E-state index contributed by atoms with van der Waals surface area (Å²) in [4.78, 5) is 40.8. The van der Waals surface area contributed by atoms with Gasteiger partial charge in [0.2, 0.25) is 0 Å². The molecule has 3 rings (SSSR count). The second-order valence-corrected chi connectivity index (χ2v) is 5.53. The van der Waals surface area contributed by atoms with Crippen molar-refractivity contribution in [2.75, 3.05) is 14.2 Å². The molecule has 25 heavy (non-hydrogen) atoms. The second kappa shape index (κ2) is 6.27. The van der Waals surface area contributed by atoms with Gasteiger partial charge < -0.3 is 4.74 Å². The summed E-state index contributed by atoms with van der Waals surface area (Å²) in [6.07, 6.45) is 3.06. The van der Waals surface area contributed by atoms with Gasteiger partial charge in [-0.3, -0.25) is 14.9 Å². The maximum absolute atomic E-state index is 12.8. The van der Waals surface area contributed by atoms with Gasteiger partial charge in [0.1, 0.15) is 18.5 Å². The molecule has 0 saturated carbocycles. The Morgan fingerprint density at radius 2 is 2.00 bits per heavy atom. The van der Waals surface area contributed by atoms with E-state index in [9.17, 15) is 19.7 Å². The third-order valence-corrected chi connectivity index (χ3v) is 4.09. The van der Waals surface area contributed by atoms with Crippen molar-refractivity contribution >= 4 is 29.7 Å². The minimum absolute atomic E-state index is 0.00445. The molecule has 1 aromatic rings. The molecule has 128 valence electrons. The number of amides is 3. The van der Waals surface area contributed by atoms with Crippen LogP contribution >= 0.6 is 0 Å². The molecule has 0 saturated heterocycles. The van der Waals surface area contributed by atoms with Crippen molar-refractivity contribution in [3.8, 4) is 0 Å². The van der Waals surface area contributed by atoms with Crippen LogP contribution in [0.2, 0.25) is 0 Å². The Bertz CT molecular complexity index is 854. The van der Waals surface area contributed by atoms with E-state index in [1.165, 1.54) is 49.2 Å². The Kier molecular flexibility index (Phi) is 4.14. The molecule has 0 aliphatic carbocycles. The van der Waals surface area contributed by atoms with Crippen LogP contribution in [-0.4, -0.2) is 52.5 Å². The summed E-state index contributed by atoms with van der Waals surface area (Å²) in [5.41, 5.74) is 0.547. The molecule has 2 aliphatic rings. The van der Waals surface area contributed by atoms with Crippen molar-refractivity contribution in [3.63, 3.8) is 0 Å². The van der Waals surface area contributed by atoms with Gasteiger partial charge in [-0.15, -0.1) is 4.99 Å². The fourth-order valence-corrected chi connectivity index (χ4v) is 2.76. The number of fused-ring (bicyclic) bond motifs is 1. The van der Waals surface area contributed by atoms with Crippen molar-refractivity contribution in [2.45, 2.75) is 6.54 Å². The van der Waals surface area contributed by atoms with Gasteiger partial charge in [0.25, 0.3) is 11.5 Å². The summed E-state index contributed by atoms with van der Waals surface area (Å²) < 4.78 is 6.55. The number of aliphatic imine (C=N–C) groups is 1. The Balaban J connectivity index is 1.92. The molecule has 2 heterocycles. The number of methoxy groups -OCH3 is 1. The molecule has 1 unspecified atom stereocenters. The van der Waals surface area contributed by atoms with Crippen molar-refractivity contribution < 1.29 is 23.8 Å². The summed E-state index contributed by atoms with van der Waals surface area (Å²) in [6, 6.07) is 5.19. The number of non-ortho nitro benzene ring substituents is 1. The number of urea groups is 1. The number of hydrogen-bond donors (Lipinski definition) is 0. The van der Waals surface area contributed by atoms with Crippen LogP contribution in [0.5, 0.6) is 0 Å². The van der Waals surface area contributed by atoms with Gasteiger partial charge in [0.05, 0.1) is 19.1 Å². The average molecular weight is 343 g/mol. The first kappa shape index (κ1) is 16.5. The average Bonchev–Trinajstić information content (AvgIpc) is 2.63. The van der Waals surface area contributed by atoms with Crippen LogP contribution in [0, 0.1) is 16.0 Å². The van der Waals surface area contributed by atoms with E-state index in [0.29, 0.717) is 17.2 Å². The number of nitro groups is 1. The predicted octanol–water partition coefficient (Wildman–Crippen LogP) is 1.33. The SMILES string of the molecule is COC1=CC=NC2=[N+](C)C(=O)N(Cc3ccc([N+](=O)[O-])cc3)C(=O)C12. The number of rotatable bonds is 4. The molecule has 0 bridgehead atoms. The van der Waals surface area contributed by atoms with Crippen LogP contribution in [0.3, 0.4) is 0 Å². The minimum atomic E-state index is -0.782. The zero-order valence-electron chi connectivity index (χ0n) is 13.6.